The molecule has 11 heteroatoms. The molecule has 24 heavy (non-hydrogen) atoms. The molecule has 1 fully saturated rings. The third kappa shape index (κ3) is 5.35. The molecule has 136 valence electrons. The molecule has 0 aromatic heterocycles. The minimum absolute atomic E-state index is 0.0112. The van der Waals surface area contributed by atoms with Crippen molar-refractivity contribution in [2.45, 2.75) is 31.0 Å². The van der Waals surface area contributed by atoms with Gasteiger partial charge in [0.05, 0.1) is 6.61 Å². The Morgan fingerprint density at radius 3 is 2.54 bits per heavy atom. The minimum atomic E-state index is -1.18. The fourth-order valence-corrected chi connectivity index (χ4v) is 2.58. The Hall–Kier alpha value is -1.85. The molecular weight excluding hydrogens is 340 g/mol. The van der Waals surface area contributed by atoms with Crippen molar-refractivity contribution in [3.05, 3.63) is 0 Å². The Morgan fingerprint density at radius 2 is 2.00 bits per heavy atom. The molecule has 10 nitrogen and oxygen atoms in total. The molecule has 1 heterocycles. The summed E-state index contributed by atoms with van der Waals surface area (Å²) in [5.74, 6) is -2.95. The molecule has 1 rings (SSSR count). The number of aliphatic carboxylic acids is 1. The molecule has 0 saturated carbocycles. The number of nitrogens with one attached hydrogen (secondary N) is 2. The van der Waals surface area contributed by atoms with Gasteiger partial charge in [0.1, 0.15) is 24.7 Å². The van der Waals surface area contributed by atoms with E-state index in [0.29, 0.717) is 19.4 Å². The second kappa shape index (κ2) is 9.45. The zero-order valence-electron chi connectivity index (χ0n) is 13.0. The van der Waals surface area contributed by atoms with Gasteiger partial charge in [0.15, 0.2) is 0 Å². The number of carbonyl (C=O) groups is 4. The number of rotatable bonds is 8. The molecule has 3 amide bonds. The van der Waals surface area contributed by atoms with Gasteiger partial charge in [-0.05, 0) is 12.8 Å². The van der Waals surface area contributed by atoms with E-state index in [1.54, 1.807) is 0 Å². The van der Waals surface area contributed by atoms with E-state index < -0.39 is 55.0 Å². The fraction of sp³-hybridized carbons (Fsp3) is 0.692. The summed E-state index contributed by atoms with van der Waals surface area (Å²) in [4.78, 5) is 48.1. The van der Waals surface area contributed by atoms with Crippen LogP contribution in [-0.2, 0) is 19.2 Å². The van der Waals surface area contributed by atoms with Crippen LogP contribution in [0.3, 0.4) is 0 Å². The van der Waals surface area contributed by atoms with Crippen LogP contribution in [0, 0.1) is 0 Å². The number of aliphatic hydroxyl groups excluding tert-OH is 1. The molecular formula is C13H22N4O6S. The highest BCUT2D eigenvalue weighted by Gasteiger charge is 2.37. The van der Waals surface area contributed by atoms with E-state index in [9.17, 15) is 19.2 Å². The van der Waals surface area contributed by atoms with Gasteiger partial charge in [-0.1, -0.05) is 0 Å². The van der Waals surface area contributed by atoms with Crippen molar-refractivity contribution in [3.63, 3.8) is 0 Å². The van der Waals surface area contributed by atoms with Crippen LogP contribution in [0.25, 0.3) is 0 Å². The first-order valence-corrected chi connectivity index (χ1v) is 8.02. The summed E-state index contributed by atoms with van der Waals surface area (Å²) in [6.45, 7) is -0.783. The fourth-order valence-electron chi connectivity index (χ4n) is 2.33. The van der Waals surface area contributed by atoms with Crippen molar-refractivity contribution in [3.8, 4) is 0 Å². The molecule has 0 aromatic rings. The summed E-state index contributed by atoms with van der Waals surface area (Å²) >= 11 is 4.03. The van der Waals surface area contributed by atoms with Crippen molar-refractivity contribution >= 4 is 36.3 Å². The Labute approximate surface area is 144 Å². The van der Waals surface area contributed by atoms with Gasteiger partial charge < -0.3 is 31.5 Å². The SMILES string of the molecule is NC(CO)C(=O)NC(CS)C(=O)N1CCCC1C(=O)NCC(=O)O. The van der Waals surface area contributed by atoms with Gasteiger partial charge in [-0.3, -0.25) is 19.2 Å². The second-order valence-corrected chi connectivity index (χ2v) is 5.70. The highest BCUT2D eigenvalue weighted by Crippen LogP contribution is 2.19. The summed E-state index contributed by atoms with van der Waals surface area (Å²) in [7, 11) is 0. The van der Waals surface area contributed by atoms with E-state index in [-0.39, 0.29) is 5.75 Å². The van der Waals surface area contributed by atoms with Crippen LogP contribution in [0.5, 0.6) is 0 Å². The summed E-state index contributed by atoms with van der Waals surface area (Å²) in [6.07, 6.45) is 0.987. The first-order chi connectivity index (χ1) is 11.3. The average molecular weight is 362 g/mol. The van der Waals surface area contributed by atoms with Gasteiger partial charge in [0.25, 0.3) is 0 Å². The minimum Gasteiger partial charge on any atom is -0.480 e. The molecule has 0 aliphatic carbocycles. The molecule has 3 atom stereocenters. The average Bonchev–Trinajstić information content (AvgIpc) is 3.05. The maximum Gasteiger partial charge on any atom is 0.322 e. The monoisotopic (exact) mass is 362 g/mol. The van der Waals surface area contributed by atoms with Gasteiger partial charge in [0.2, 0.25) is 17.7 Å². The number of carboxylic acids is 1. The third-order valence-corrected chi connectivity index (χ3v) is 3.95. The quantitative estimate of drug-likeness (QED) is 0.249. The van der Waals surface area contributed by atoms with Gasteiger partial charge >= 0.3 is 5.97 Å². The van der Waals surface area contributed by atoms with Crippen LogP contribution >= 0.6 is 12.6 Å². The molecule has 0 radical (unpaired) electrons. The van der Waals surface area contributed by atoms with Crippen molar-refractivity contribution in [1.82, 2.24) is 15.5 Å². The van der Waals surface area contributed by atoms with Crippen molar-refractivity contribution in [2.75, 3.05) is 25.4 Å². The second-order valence-electron chi connectivity index (χ2n) is 5.33. The summed E-state index contributed by atoms with van der Waals surface area (Å²) in [6, 6.07) is -2.94. The molecule has 0 spiro atoms. The number of amides is 3. The number of carbonyl (C=O) groups excluding carboxylic acids is 3. The number of thiol groups is 1. The molecule has 0 bridgehead atoms. The molecule has 0 aromatic carbocycles. The normalized spacial score (nSPS) is 19.5. The van der Waals surface area contributed by atoms with E-state index in [2.05, 4.69) is 23.3 Å². The Kier molecular flexibility index (Phi) is 7.95. The van der Waals surface area contributed by atoms with Gasteiger partial charge in [-0.25, -0.2) is 0 Å². The molecule has 6 N–H and O–H groups in total. The first kappa shape index (κ1) is 20.2. The smallest absolute Gasteiger partial charge is 0.322 e. The number of aliphatic hydroxyl groups is 1. The Balaban J connectivity index is 2.73. The van der Waals surface area contributed by atoms with Gasteiger partial charge in [-0.2, -0.15) is 12.6 Å². The number of hydrogen-bond acceptors (Lipinski definition) is 7. The lowest BCUT2D eigenvalue weighted by Gasteiger charge is -2.28. The zero-order valence-corrected chi connectivity index (χ0v) is 13.9. The number of nitrogens with zero attached hydrogens (tertiary/aromatic N) is 1. The van der Waals surface area contributed by atoms with Gasteiger partial charge in [-0.15, -0.1) is 0 Å². The number of carboxylic acid groups (broad SMARTS) is 1. The Bertz CT molecular complexity index is 503. The lowest BCUT2D eigenvalue weighted by Crippen LogP contribution is -2.57. The van der Waals surface area contributed by atoms with Crippen LogP contribution in [0.1, 0.15) is 12.8 Å². The van der Waals surface area contributed by atoms with Crippen LogP contribution in [0.2, 0.25) is 0 Å². The van der Waals surface area contributed by atoms with E-state index in [1.165, 1.54) is 4.90 Å². The van der Waals surface area contributed by atoms with E-state index >= 15 is 0 Å². The maximum absolute atomic E-state index is 12.5. The van der Waals surface area contributed by atoms with Crippen LogP contribution in [0.4, 0.5) is 0 Å². The predicted octanol–water partition coefficient (Wildman–Crippen LogP) is -3.09. The molecule has 1 aliphatic rings. The van der Waals surface area contributed by atoms with Crippen molar-refractivity contribution in [2.24, 2.45) is 5.73 Å². The first-order valence-electron chi connectivity index (χ1n) is 7.39. The summed E-state index contributed by atoms with van der Waals surface area (Å²) in [5, 5.41) is 22.1. The van der Waals surface area contributed by atoms with E-state index in [0.717, 1.165) is 0 Å². The van der Waals surface area contributed by atoms with Crippen molar-refractivity contribution in [1.29, 1.82) is 0 Å². The maximum atomic E-state index is 12.5. The lowest BCUT2D eigenvalue weighted by molar-refractivity contribution is -0.142. The number of hydrogen-bond donors (Lipinski definition) is 6. The van der Waals surface area contributed by atoms with Crippen LogP contribution < -0.4 is 16.4 Å². The van der Waals surface area contributed by atoms with Crippen molar-refractivity contribution < 1.29 is 29.4 Å². The summed E-state index contributed by atoms with van der Waals surface area (Å²) in [5.41, 5.74) is 5.38. The molecule has 3 unspecified atom stereocenters. The highest BCUT2D eigenvalue weighted by atomic mass is 32.1. The Morgan fingerprint density at radius 1 is 1.33 bits per heavy atom. The highest BCUT2D eigenvalue weighted by molar-refractivity contribution is 7.80. The van der Waals surface area contributed by atoms with Crippen LogP contribution in [0.15, 0.2) is 0 Å². The molecule has 1 saturated heterocycles. The number of likely N-dealkylation sites (tertiary alicyclic amines) is 1. The third-order valence-electron chi connectivity index (χ3n) is 3.58. The topological polar surface area (TPSA) is 162 Å². The summed E-state index contributed by atoms with van der Waals surface area (Å²) < 4.78 is 0. The van der Waals surface area contributed by atoms with E-state index in [4.69, 9.17) is 15.9 Å². The van der Waals surface area contributed by atoms with Gasteiger partial charge in [0, 0.05) is 12.3 Å². The predicted molar refractivity (Wildman–Crippen MR) is 86.2 cm³/mol. The number of nitrogens with two attached hydrogens (primary N) is 1. The van der Waals surface area contributed by atoms with Crippen LogP contribution in [-0.4, -0.2) is 82.4 Å². The van der Waals surface area contributed by atoms with E-state index in [1.807, 2.05) is 0 Å². The standard InChI is InChI=1S/C13H22N4O6S/c14-7(5-18)11(21)16-8(6-24)13(23)17-3-1-2-9(17)12(22)15-4-10(19)20/h7-9,18,24H,1-6,14H2,(H,15,22)(H,16,21)(H,19,20). The molecule has 1 aliphatic heterocycles. The largest absolute Gasteiger partial charge is 0.480 e. The zero-order chi connectivity index (χ0) is 18.3. The lowest BCUT2D eigenvalue weighted by atomic mass is 10.2.